The molecule has 27 heavy (non-hydrogen) atoms. The summed E-state index contributed by atoms with van der Waals surface area (Å²) >= 11 is 6.11. The van der Waals surface area contributed by atoms with Crippen LogP contribution in [0.3, 0.4) is 0 Å². The van der Waals surface area contributed by atoms with Crippen molar-refractivity contribution >= 4 is 17.5 Å². The number of hydrogen-bond donors (Lipinski definition) is 0. The van der Waals surface area contributed by atoms with Gasteiger partial charge in [0.15, 0.2) is 11.5 Å². The summed E-state index contributed by atoms with van der Waals surface area (Å²) < 4.78 is 11.3. The van der Waals surface area contributed by atoms with Crippen LogP contribution in [0.15, 0.2) is 59.4 Å². The molecule has 138 valence electrons. The zero-order valence-corrected chi connectivity index (χ0v) is 15.3. The van der Waals surface area contributed by atoms with Gasteiger partial charge in [0.05, 0.1) is 6.54 Å². The van der Waals surface area contributed by atoms with Crippen molar-refractivity contribution in [3.05, 3.63) is 65.6 Å². The van der Waals surface area contributed by atoms with Gasteiger partial charge in [-0.2, -0.15) is 0 Å². The lowest BCUT2D eigenvalue weighted by molar-refractivity contribution is 0.0529. The molecule has 1 aromatic carbocycles. The highest BCUT2D eigenvalue weighted by Crippen LogP contribution is 2.26. The van der Waals surface area contributed by atoms with Gasteiger partial charge in [-0.05, 0) is 12.8 Å². The second kappa shape index (κ2) is 7.80. The van der Waals surface area contributed by atoms with E-state index in [1.807, 2.05) is 30.3 Å². The molecule has 1 aliphatic rings. The molecule has 1 atom stereocenters. The minimum absolute atomic E-state index is 0.122. The number of nitrogens with zero attached hydrogens (tertiary/aromatic N) is 3. The number of halogens is 1. The third-order valence-electron chi connectivity index (χ3n) is 4.48. The van der Waals surface area contributed by atoms with Crippen molar-refractivity contribution in [3.63, 3.8) is 0 Å². The second-order valence-electron chi connectivity index (χ2n) is 6.38. The third kappa shape index (κ3) is 3.95. The Morgan fingerprint density at radius 1 is 1.26 bits per heavy atom. The first kappa shape index (κ1) is 17.5. The first-order valence-electron chi connectivity index (χ1n) is 8.78. The van der Waals surface area contributed by atoms with Crippen LogP contribution in [0.4, 0.5) is 0 Å². The van der Waals surface area contributed by atoms with Gasteiger partial charge in [0, 0.05) is 36.6 Å². The number of likely N-dealkylation sites (tertiary alicyclic amines) is 1. The molecule has 0 bridgehead atoms. The maximum absolute atomic E-state index is 12.8. The lowest BCUT2D eigenvalue weighted by Crippen LogP contribution is -2.44. The molecule has 0 radical (unpaired) electrons. The zero-order valence-electron chi connectivity index (χ0n) is 14.5. The number of pyridine rings is 1. The van der Waals surface area contributed by atoms with Crippen LogP contribution in [0.25, 0.3) is 11.3 Å². The molecule has 1 aliphatic heterocycles. The highest BCUT2D eigenvalue weighted by molar-refractivity contribution is 6.31. The van der Waals surface area contributed by atoms with E-state index in [0.717, 1.165) is 18.4 Å². The summed E-state index contributed by atoms with van der Waals surface area (Å²) in [6, 6.07) is 13.0. The predicted octanol–water partition coefficient (Wildman–Crippen LogP) is 4.07. The summed E-state index contributed by atoms with van der Waals surface area (Å²) in [7, 11) is 0. The molecule has 1 unspecified atom stereocenters. The number of rotatable bonds is 4. The minimum Gasteiger partial charge on any atom is -0.487 e. The number of carbonyl (C=O) groups is 1. The van der Waals surface area contributed by atoms with Gasteiger partial charge >= 0.3 is 0 Å². The van der Waals surface area contributed by atoms with Crippen molar-refractivity contribution in [2.45, 2.75) is 18.9 Å². The molecular formula is C20H18ClN3O3. The standard InChI is InChI=1S/C20H18ClN3O3/c21-16-12-22-9-8-18(16)26-15-7-4-10-24(13-15)20(25)17-11-19(27-23-17)14-5-2-1-3-6-14/h1-3,5-6,8-9,11-12,15H,4,7,10,13H2. The normalized spacial score (nSPS) is 16.9. The number of ether oxygens (including phenoxy) is 1. The van der Waals surface area contributed by atoms with Crippen molar-refractivity contribution in [1.82, 2.24) is 15.0 Å². The molecule has 0 aliphatic carbocycles. The highest BCUT2D eigenvalue weighted by Gasteiger charge is 2.28. The van der Waals surface area contributed by atoms with Crippen molar-refractivity contribution in [2.75, 3.05) is 13.1 Å². The molecule has 1 saturated heterocycles. The fraction of sp³-hybridized carbons (Fsp3) is 0.250. The van der Waals surface area contributed by atoms with Crippen LogP contribution in [-0.4, -0.2) is 40.1 Å². The van der Waals surface area contributed by atoms with Crippen LogP contribution < -0.4 is 4.74 Å². The SMILES string of the molecule is O=C(c1cc(-c2ccccc2)on1)N1CCCC(Oc2ccncc2Cl)C1. The summed E-state index contributed by atoms with van der Waals surface area (Å²) in [5.41, 5.74) is 1.19. The van der Waals surface area contributed by atoms with E-state index >= 15 is 0 Å². The average molecular weight is 384 g/mol. The van der Waals surface area contributed by atoms with Gasteiger partial charge in [-0.15, -0.1) is 0 Å². The molecule has 0 saturated carbocycles. The van der Waals surface area contributed by atoms with E-state index in [1.54, 1.807) is 29.4 Å². The quantitative estimate of drug-likeness (QED) is 0.679. The van der Waals surface area contributed by atoms with Gasteiger partial charge in [0.1, 0.15) is 16.9 Å². The molecule has 0 N–H and O–H groups in total. The first-order chi connectivity index (χ1) is 13.2. The van der Waals surface area contributed by atoms with Crippen LogP contribution in [0.1, 0.15) is 23.3 Å². The molecular weight excluding hydrogens is 366 g/mol. The summed E-state index contributed by atoms with van der Waals surface area (Å²) in [5, 5.41) is 4.42. The summed E-state index contributed by atoms with van der Waals surface area (Å²) in [6.07, 6.45) is 4.76. The summed E-state index contributed by atoms with van der Waals surface area (Å²) in [5.74, 6) is 1.00. The highest BCUT2D eigenvalue weighted by atomic mass is 35.5. The van der Waals surface area contributed by atoms with Gasteiger partial charge in [-0.25, -0.2) is 0 Å². The smallest absolute Gasteiger partial charge is 0.276 e. The topological polar surface area (TPSA) is 68.5 Å². The molecule has 0 spiro atoms. The van der Waals surface area contributed by atoms with Crippen LogP contribution >= 0.6 is 11.6 Å². The Bertz CT molecular complexity index is 929. The van der Waals surface area contributed by atoms with E-state index in [4.69, 9.17) is 20.9 Å². The van der Waals surface area contributed by atoms with Crippen LogP contribution in [0.5, 0.6) is 5.75 Å². The molecule has 3 aromatic rings. The van der Waals surface area contributed by atoms with E-state index < -0.39 is 0 Å². The number of amides is 1. The number of piperidine rings is 1. The van der Waals surface area contributed by atoms with Crippen molar-refractivity contribution in [2.24, 2.45) is 0 Å². The largest absolute Gasteiger partial charge is 0.487 e. The number of carbonyl (C=O) groups excluding carboxylic acids is 1. The van der Waals surface area contributed by atoms with E-state index in [2.05, 4.69) is 10.1 Å². The van der Waals surface area contributed by atoms with E-state index in [0.29, 0.717) is 35.3 Å². The Balaban J connectivity index is 1.44. The molecule has 1 amide bonds. The minimum atomic E-state index is -0.157. The molecule has 7 heteroatoms. The molecule has 3 heterocycles. The summed E-state index contributed by atoms with van der Waals surface area (Å²) in [4.78, 5) is 18.5. The Morgan fingerprint density at radius 3 is 2.93 bits per heavy atom. The fourth-order valence-corrected chi connectivity index (χ4v) is 3.30. The fourth-order valence-electron chi connectivity index (χ4n) is 3.13. The Labute approximate surface area is 161 Å². The van der Waals surface area contributed by atoms with Gasteiger partial charge in [-0.3, -0.25) is 9.78 Å². The number of benzene rings is 1. The van der Waals surface area contributed by atoms with Crippen molar-refractivity contribution < 1.29 is 14.1 Å². The Morgan fingerprint density at radius 2 is 2.11 bits per heavy atom. The molecule has 6 nitrogen and oxygen atoms in total. The average Bonchev–Trinajstić information content (AvgIpc) is 3.20. The molecule has 2 aromatic heterocycles. The zero-order chi connectivity index (χ0) is 18.6. The van der Waals surface area contributed by atoms with Gasteiger partial charge in [0.2, 0.25) is 0 Å². The van der Waals surface area contributed by atoms with Gasteiger partial charge < -0.3 is 14.2 Å². The monoisotopic (exact) mass is 383 g/mol. The van der Waals surface area contributed by atoms with Crippen LogP contribution in [-0.2, 0) is 0 Å². The van der Waals surface area contributed by atoms with E-state index in [9.17, 15) is 4.79 Å². The van der Waals surface area contributed by atoms with Gasteiger partial charge in [0.25, 0.3) is 5.91 Å². The molecule has 1 fully saturated rings. The maximum atomic E-state index is 12.8. The van der Waals surface area contributed by atoms with Crippen molar-refractivity contribution in [1.29, 1.82) is 0 Å². The maximum Gasteiger partial charge on any atom is 0.276 e. The van der Waals surface area contributed by atoms with Gasteiger partial charge in [-0.1, -0.05) is 47.1 Å². The third-order valence-corrected chi connectivity index (χ3v) is 4.77. The number of hydrogen-bond acceptors (Lipinski definition) is 5. The predicted molar refractivity (Wildman–Crippen MR) is 101 cm³/mol. The Kier molecular flexibility index (Phi) is 5.07. The van der Waals surface area contributed by atoms with Crippen LogP contribution in [0.2, 0.25) is 5.02 Å². The lowest BCUT2D eigenvalue weighted by atomic mass is 10.1. The van der Waals surface area contributed by atoms with Crippen LogP contribution in [0, 0.1) is 0 Å². The summed E-state index contributed by atoms with van der Waals surface area (Å²) in [6.45, 7) is 1.14. The second-order valence-corrected chi connectivity index (χ2v) is 6.79. The number of aromatic nitrogens is 2. The van der Waals surface area contributed by atoms with E-state index in [1.165, 1.54) is 0 Å². The lowest BCUT2D eigenvalue weighted by Gasteiger charge is -2.32. The molecule has 4 rings (SSSR count). The Hall–Kier alpha value is -2.86. The van der Waals surface area contributed by atoms with E-state index in [-0.39, 0.29) is 12.0 Å². The van der Waals surface area contributed by atoms with Crippen molar-refractivity contribution in [3.8, 4) is 17.1 Å². The first-order valence-corrected chi connectivity index (χ1v) is 9.16.